The van der Waals surface area contributed by atoms with Crippen LogP contribution in [-0.2, 0) is 54.3 Å². The molecule has 2 amide bonds. The van der Waals surface area contributed by atoms with E-state index in [0.29, 0.717) is 76.8 Å². The zero-order chi connectivity index (χ0) is 49.9. The lowest BCUT2D eigenvalue weighted by Gasteiger charge is -2.41. The average Bonchev–Trinajstić information content (AvgIpc) is 3.69. The molecule has 0 aliphatic heterocycles. The Bertz CT molecular complexity index is 2050. The average molecular weight is 975 g/mol. The molecular weight excluding hydrogens is 907 g/mol. The first-order chi connectivity index (χ1) is 32.5. The summed E-state index contributed by atoms with van der Waals surface area (Å²) in [6.07, 6.45) is 2.27. The second kappa shape index (κ2) is 31.2. The van der Waals surface area contributed by atoms with Gasteiger partial charge in [-0.1, -0.05) is 51.1 Å². The van der Waals surface area contributed by atoms with Crippen molar-refractivity contribution in [3.8, 4) is 11.1 Å². The molecule has 19 heteroatoms. The number of hydrogen-bond donors (Lipinski definition) is 4. The summed E-state index contributed by atoms with van der Waals surface area (Å²) in [7, 11) is 0. The molecule has 0 aliphatic carbocycles. The molecule has 16 nitrogen and oxygen atoms in total. The minimum atomic E-state index is -1.14. The van der Waals surface area contributed by atoms with Crippen LogP contribution < -0.4 is 11.1 Å². The maximum absolute atomic E-state index is 15.1. The lowest BCUT2D eigenvalue weighted by Crippen LogP contribution is -2.44. The second-order valence-corrected chi connectivity index (χ2v) is 18.2. The Labute approximate surface area is 401 Å². The highest BCUT2D eigenvalue weighted by atomic mass is 32.2. The maximum Gasteiger partial charge on any atom is 0.307 e. The van der Waals surface area contributed by atoms with Crippen molar-refractivity contribution in [2.45, 2.75) is 78.3 Å². The molecule has 376 valence electrons. The van der Waals surface area contributed by atoms with E-state index in [0.717, 1.165) is 35.5 Å². The number of carbonyl (C=O) groups excluding carboxylic acids is 4. The number of ether oxygens (including phenoxy) is 4. The molecule has 0 radical (unpaired) electrons. The van der Waals surface area contributed by atoms with E-state index in [1.54, 1.807) is 17.2 Å². The minimum Gasteiger partial charge on any atom is -0.481 e. The highest BCUT2D eigenvalue weighted by Gasteiger charge is 2.37. The molecule has 0 aliphatic rings. The summed E-state index contributed by atoms with van der Waals surface area (Å²) in [5.41, 5.74) is 7.63. The predicted octanol–water partition coefficient (Wildman–Crippen LogP) is 5.93. The number of carboxylic acids is 2. The van der Waals surface area contributed by atoms with Gasteiger partial charge in [0, 0.05) is 74.2 Å². The van der Waals surface area contributed by atoms with E-state index >= 15 is 4.39 Å². The molecular formula is C49H68F2N4O12S. The summed E-state index contributed by atoms with van der Waals surface area (Å²) in [6, 6.07) is 14.2. The quantitative estimate of drug-likeness (QED) is 0.0496. The van der Waals surface area contributed by atoms with Crippen LogP contribution >= 0.6 is 11.8 Å². The van der Waals surface area contributed by atoms with Crippen LogP contribution in [0.5, 0.6) is 0 Å². The van der Waals surface area contributed by atoms with E-state index in [9.17, 15) is 38.3 Å². The smallest absolute Gasteiger partial charge is 0.307 e. The number of aliphatic carboxylic acids is 2. The number of nitrogens with two attached hydrogens (primary N) is 1. The molecule has 0 saturated heterocycles. The number of nitrogens with one attached hydrogen (secondary N) is 1. The van der Waals surface area contributed by atoms with Gasteiger partial charge in [0.1, 0.15) is 17.4 Å². The number of halogens is 2. The molecule has 0 fully saturated rings. The molecule has 68 heavy (non-hydrogen) atoms. The molecule has 1 aromatic heterocycles. The van der Waals surface area contributed by atoms with Crippen molar-refractivity contribution in [1.29, 1.82) is 0 Å². The van der Waals surface area contributed by atoms with Crippen LogP contribution in [0, 0.1) is 23.0 Å². The van der Waals surface area contributed by atoms with Crippen molar-refractivity contribution in [2.24, 2.45) is 17.1 Å². The molecule has 0 bridgehead atoms. The van der Waals surface area contributed by atoms with Crippen molar-refractivity contribution in [3.05, 3.63) is 83.7 Å². The fourth-order valence-corrected chi connectivity index (χ4v) is 8.15. The molecule has 2 atom stereocenters. The zero-order valence-corrected chi connectivity index (χ0v) is 40.2. The highest BCUT2D eigenvalue weighted by Crippen LogP contribution is 2.41. The van der Waals surface area contributed by atoms with E-state index in [4.69, 9.17) is 29.8 Å². The van der Waals surface area contributed by atoms with Crippen LogP contribution in [0.15, 0.2) is 60.8 Å². The van der Waals surface area contributed by atoms with Crippen molar-refractivity contribution < 1.29 is 66.7 Å². The number of nitrogens with zero attached hydrogens (tertiary/aromatic N) is 2. The van der Waals surface area contributed by atoms with E-state index in [2.05, 4.69) is 5.32 Å². The third-order valence-electron chi connectivity index (χ3n) is 10.5. The first-order valence-electron chi connectivity index (χ1n) is 22.8. The van der Waals surface area contributed by atoms with Crippen molar-refractivity contribution in [3.63, 3.8) is 0 Å². The third kappa shape index (κ3) is 21.9. The van der Waals surface area contributed by atoms with Gasteiger partial charge in [0.25, 0.3) is 0 Å². The van der Waals surface area contributed by atoms with Gasteiger partial charge < -0.3 is 49.7 Å². The van der Waals surface area contributed by atoms with Crippen LogP contribution in [-0.4, -0.2) is 139 Å². The van der Waals surface area contributed by atoms with Gasteiger partial charge in [-0.25, -0.2) is 8.78 Å². The number of benzene rings is 2. The minimum absolute atomic E-state index is 0.0140. The number of carbonyl (C=O) groups is 6. The van der Waals surface area contributed by atoms with Gasteiger partial charge in [-0.15, -0.1) is 0 Å². The van der Waals surface area contributed by atoms with E-state index in [-0.39, 0.29) is 93.0 Å². The predicted molar refractivity (Wildman–Crippen MR) is 253 cm³/mol. The Morgan fingerprint density at radius 3 is 2.06 bits per heavy atom. The van der Waals surface area contributed by atoms with Gasteiger partial charge in [0.05, 0.1) is 76.9 Å². The topological polar surface area (TPSA) is 226 Å². The van der Waals surface area contributed by atoms with Gasteiger partial charge in [-0.3, -0.25) is 28.8 Å². The molecule has 3 rings (SSSR count). The summed E-state index contributed by atoms with van der Waals surface area (Å²) in [5, 5.41) is 21.0. The van der Waals surface area contributed by atoms with E-state index in [1.165, 1.54) is 0 Å². The van der Waals surface area contributed by atoms with Gasteiger partial charge in [-0.2, -0.15) is 11.8 Å². The fourth-order valence-electron chi connectivity index (χ4n) is 7.15. The van der Waals surface area contributed by atoms with Gasteiger partial charge in [0.15, 0.2) is 5.78 Å². The highest BCUT2D eigenvalue weighted by molar-refractivity contribution is 7.99. The number of rotatable bonds is 36. The Hall–Kier alpha value is -5.05. The molecule has 2 aromatic carbocycles. The number of hydrogen-bond acceptors (Lipinski definition) is 12. The fraction of sp³-hybridized carbons (Fsp3) is 0.551. The van der Waals surface area contributed by atoms with Crippen LogP contribution in [0.1, 0.15) is 83.0 Å². The Morgan fingerprint density at radius 2 is 1.44 bits per heavy atom. The van der Waals surface area contributed by atoms with Gasteiger partial charge in [-0.05, 0) is 54.6 Å². The molecule has 0 spiro atoms. The molecule has 1 heterocycles. The summed E-state index contributed by atoms with van der Waals surface area (Å²) < 4.78 is 53.4. The Balaban J connectivity index is 1.41. The standard InChI is InChI=1S/C49H68F2N4O12S/c1-49(2,3)47(43-28-36(41-29-38(50)12-13-42(41)51)32-54(43)31-35-9-5-4-6-10-35)55(18-8-17-52)45(59)34-68-33-37(48(62)63)27-39(56)16-20-65-22-24-67-26-25-66-23-21-64-19-7-11-40(57)30-53-44(58)14-15-46(60)61/h4-6,9-10,12-13,28-29,32,37,47H,7-8,11,14-27,30-31,33-34,52H2,1-3H3,(H,53,58)(H,60,61)(H,62,63)/t37-,47-/m0/s1. The lowest BCUT2D eigenvalue weighted by molar-refractivity contribution is -0.143. The van der Waals surface area contributed by atoms with E-state index in [1.807, 2.05) is 55.7 Å². The van der Waals surface area contributed by atoms with Crippen LogP contribution in [0.25, 0.3) is 11.1 Å². The van der Waals surface area contributed by atoms with Crippen molar-refractivity contribution in [1.82, 2.24) is 14.8 Å². The summed E-state index contributed by atoms with van der Waals surface area (Å²) in [5.74, 6) is -5.64. The number of amides is 2. The Kier molecular flexibility index (Phi) is 26.2. The molecule has 5 N–H and O–H groups in total. The third-order valence-corrected chi connectivity index (χ3v) is 11.6. The van der Waals surface area contributed by atoms with Crippen molar-refractivity contribution in [2.75, 3.05) is 84.0 Å². The second-order valence-electron chi connectivity index (χ2n) is 17.2. The SMILES string of the molecule is CC(C)(C)[C@H](c1cc(-c2cc(F)ccc2F)cn1Cc1ccccc1)N(CCCN)C(=O)CSC[C@H](CC(=O)CCOCCOCCOCCOCCCC(=O)CNC(=O)CCC(=O)O)C(=O)O. The normalized spacial score (nSPS) is 12.4. The number of carboxylic acid groups (broad SMARTS) is 2. The summed E-state index contributed by atoms with van der Waals surface area (Å²) in [4.78, 5) is 74.8. The van der Waals surface area contributed by atoms with Crippen LogP contribution in [0.4, 0.5) is 8.78 Å². The number of thioether (sulfide) groups is 1. The summed E-state index contributed by atoms with van der Waals surface area (Å²) in [6.45, 7) is 9.03. The van der Waals surface area contributed by atoms with Crippen LogP contribution in [0.3, 0.4) is 0 Å². The first-order valence-corrected chi connectivity index (χ1v) is 24.0. The number of aromatic nitrogens is 1. The molecule has 3 aromatic rings. The lowest BCUT2D eigenvalue weighted by atomic mass is 9.83. The summed E-state index contributed by atoms with van der Waals surface area (Å²) >= 11 is 1.14. The molecule has 0 unspecified atom stereocenters. The molecule has 0 saturated carbocycles. The van der Waals surface area contributed by atoms with E-state index < -0.39 is 46.9 Å². The number of ketones is 2. The van der Waals surface area contributed by atoms with Gasteiger partial charge >= 0.3 is 11.9 Å². The Morgan fingerprint density at radius 1 is 0.794 bits per heavy atom. The van der Waals surface area contributed by atoms with Gasteiger partial charge in [0.2, 0.25) is 11.8 Å². The van der Waals surface area contributed by atoms with Crippen LogP contribution in [0.2, 0.25) is 0 Å². The zero-order valence-electron chi connectivity index (χ0n) is 39.4. The monoisotopic (exact) mass is 974 g/mol. The van der Waals surface area contributed by atoms with Crippen molar-refractivity contribution >= 4 is 47.1 Å². The first kappa shape index (κ1) is 57.3. The maximum atomic E-state index is 15.1. The largest absolute Gasteiger partial charge is 0.481 e. The number of Topliss-reactive ketones (excluding diaryl/α,β-unsaturated/α-hetero) is 2.